The summed E-state index contributed by atoms with van der Waals surface area (Å²) in [6.45, 7) is 2.32. The number of fused-ring (bicyclic) bond motifs is 1. The molecule has 1 saturated heterocycles. The fourth-order valence-electron chi connectivity index (χ4n) is 3.40. The lowest BCUT2D eigenvalue weighted by molar-refractivity contribution is -0.142. The van der Waals surface area contributed by atoms with Gasteiger partial charge in [0, 0.05) is 19.9 Å². The largest absolute Gasteiger partial charge is 0.448 e. The van der Waals surface area contributed by atoms with Crippen LogP contribution in [0.3, 0.4) is 0 Å². The molecule has 0 N–H and O–H groups in total. The molecule has 7 heteroatoms. The van der Waals surface area contributed by atoms with E-state index in [1.807, 2.05) is 12.1 Å². The van der Waals surface area contributed by atoms with E-state index in [0.717, 1.165) is 18.4 Å². The number of esters is 1. The van der Waals surface area contributed by atoms with Crippen molar-refractivity contribution < 1.29 is 18.8 Å². The molecular formula is C17H17N3O4. The van der Waals surface area contributed by atoms with Crippen LogP contribution in [0.2, 0.25) is 0 Å². The summed E-state index contributed by atoms with van der Waals surface area (Å²) in [6.07, 6.45) is 1.25. The van der Waals surface area contributed by atoms with E-state index in [1.165, 1.54) is 0 Å². The number of hydrogen-bond donors (Lipinski definition) is 0. The van der Waals surface area contributed by atoms with Crippen LogP contribution in [0.4, 0.5) is 0 Å². The fourth-order valence-corrected chi connectivity index (χ4v) is 3.40. The number of cyclic esters (lactones) is 1. The van der Waals surface area contributed by atoms with Crippen molar-refractivity contribution in [1.82, 2.24) is 15.0 Å². The Kier molecular flexibility index (Phi) is 3.55. The van der Waals surface area contributed by atoms with E-state index in [0.29, 0.717) is 30.2 Å². The number of hydrogen-bond acceptors (Lipinski definition) is 6. The molecule has 124 valence electrons. The van der Waals surface area contributed by atoms with Gasteiger partial charge in [-0.25, -0.2) is 4.79 Å². The predicted molar refractivity (Wildman–Crippen MR) is 82.1 cm³/mol. The number of carbonyl (C=O) groups is 2. The number of rotatable bonds is 2. The maximum Gasteiger partial charge on any atom is 0.339 e. The second kappa shape index (κ2) is 5.74. The molecular weight excluding hydrogens is 310 g/mol. The van der Waals surface area contributed by atoms with Crippen LogP contribution in [0.5, 0.6) is 0 Å². The first kappa shape index (κ1) is 14.9. The number of likely N-dealkylation sites (tertiary alicyclic amines) is 1. The molecule has 24 heavy (non-hydrogen) atoms. The molecule has 4 rings (SSSR count). The van der Waals surface area contributed by atoms with E-state index in [4.69, 9.17) is 9.26 Å². The van der Waals surface area contributed by atoms with Crippen LogP contribution in [-0.2, 0) is 16.0 Å². The van der Waals surface area contributed by atoms with E-state index >= 15 is 0 Å². The van der Waals surface area contributed by atoms with Gasteiger partial charge in [0.25, 0.3) is 5.91 Å². The third kappa shape index (κ3) is 2.46. The molecule has 2 aliphatic heterocycles. The van der Waals surface area contributed by atoms with Crippen molar-refractivity contribution in [3.8, 4) is 0 Å². The molecule has 7 nitrogen and oxygen atoms in total. The molecule has 1 fully saturated rings. The van der Waals surface area contributed by atoms with E-state index in [9.17, 15) is 9.59 Å². The Morgan fingerprint density at radius 1 is 1.33 bits per heavy atom. The summed E-state index contributed by atoms with van der Waals surface area (Å²) in [7, 11) is 0. The van der Waals surface area contributed by atoms with Gasteiger partial charge in [0.05, 0.1) is 11.6 Å². The van der Waals surface area contributed by atoms with Crippen LogP contribution >= 0.6 is 0 Å². The first-order valence-corrected chi connectivity index (χ1v) is 8.03. The topological polar surface area (TPSA) is 85.5 Å². The SMILES string of the molecule is Cc1nc([C@H]2CCCN2C(=O)[C@H]2Cc3ccccc3C(=O)O2)no1. The summed E-state index contributed by atoms with van der Waals surface area (Å²) < 4.78 is 10.4. The average molecular weight is 327 g/mol. The lowest BCUT2D eigenvalue weighted by atomic mass is 9.98. The summed E-state index contributed by atoms with van der Waals surface area (Å²) in [5.41, 5.74) is 1.38. The normalized spacial score (nSPS) is 23.0. The quantitative estimate of drug-likeness (QED) is 0.782. The zero-order valence-electron chi connectivity index (χ0n) is 13.3. The van der Waals surface area contributed by atoms with Gasteiger partial charge in [-0.15, -0.1) is 0 Å². The van der Waals surface area contributed by atoms with E-state index in [1.54, 1.807) is 24.0 Å². The minimum atomic E-state index is -0.791. The Balaban J connectivity index is 1.56. The van der Waals surface area contributed by atoms with Crippen molar-refractivity contribution in [3.63, 3.8) is 0 Å². The standard InChI is InChI=1S/C17H17N3O4/c1-10-18-15(19-24-10)13-7-4-8-20(13)16(21)14-9-11-5-2-3-6-12(11)17(22)23-14/h2-3,5-6,13-14H,4,7-9H2,1H3/t13-,14-/m1/s1. The van der Waals surface area contributed by atoms with Gasteiger partial charge in [-0.2, -0.15) is 4.98 Å². The number of ether oxygens (including phenoxy) is 1. The van der Waals surface area contributed by atoms with Gasteiger partial charge in [-0.05, 0) is 24.5 Å². The second-order valence-corrected chi connectivity index (χ2v) is 6.12. The van der Waals surface area contributed by atoms with Gasteiger partial charge in [0.1, 0.15) is 0 Å². The first-order chi connectivity index (χ1) is 11.6. The summed E-state index contributed by atoms with van der Waals surface area (Å²) in [4.78, 5) is 31.0. The smallest absolute Gasteiger partial charge is 0.339 e. The van der Waals surface area contributed by atoms with Gasteiger partial charge in [0.15, 0.2) is 11.9 Å². The van der Waals surface area contributed by atoms with Gasteiger partial charge >= 0.3 is 5.97 Å². The van der Waals surface area contributed by atoms with Crippen LogP contribution in [-0.4, -0.2) is 39.6 Å². The average Bonchev–Trinajstić information content (AvgIpc) is 3.22. The summed E-state index contributed by atoms with van der Waals surface area (Å²) >= 11 is 0. The highest BCUT2D eigenvalue weighted by Crippen LogP contribution is 2.32. The molecule has 0 aliphatic carbocycles. The molecule has 1 amide bonds. The van der Waals surface area contributed by atoms with E-state index in [2.05, 4.69) is 10.1 Å². The van der Waals surface area contributed by atoms with Gasteiger partial charge < -0.3 is 14.2 Å². The molecule has 3 heterocycles. The number of aryl methyl sites for hydroxylation is 1. The fraction of sp³-hybridized carbons (Fsp3) is 0.412. The monoisotopic (exact) mass is 327 g/mol. The third-order valence-electron chi connectivity index (χ3n) is 4.54. The predicted octanol–water partition coefficient (Wildman–Crippen LogP) is 1.82. The highest BCUT2D eigenvalue weighted by molar-refractivity contribution is 5.95. The van der Waals surface area contributed by atoms with Gasteiger partial charge in [-0.1, -0.05) is 23.4 Å². The Bertz CT molecular complexity index is 801. The van der Waals surface area contributed by atoms with Crippen LogP contribution in [0.25, 0.3) is 0 Å². The summed E-state index contributed by atoms with van der Waals surface area (Å²) in [5, 5.41) is 3.94. The van der Waals surface area contributed by atoms with Crippen molar-refractivity contribution in [1.29, 1.82) is 0 Å². The van der Waals surface area contributed by atoms with Crippen molar-refractivity contribution >= 4 is 11.9 Å². The van der Waals surface area contributed by atoms with Gasteiger partial charge in [-0.3, -0.25) is 4.79 Å². The van der Waals surface area contributed by atoms with E-state index < -0.39 is 12.1 Å². The molecule has 0 unspecified atom stereocenters. The maximum atomic E-state index is 12.9. The Morgan fingerprint density at radius 2 is 2.17 bits per heavy atom. The molecule has 0 bridgehead atoms. The zero-order valence-corrected chi connectivity index (χ0v) is 13.3. The maximum absolute atomic E-state index is 12.9. The zero-order chi connectivity index (χ0) is 16.7. The molecule has 1 aromatic heterocycles. The Hall–Kier alpha value is -2.70. The molecule has 2 atom stereocenters. The summed E-state index contributed by atoms with van der Waals surface area (Å²) in [6, 6.07) is 7.02. The van der Waals surface area contributed by atoms with Crippen molar-refractivity contribution in [2.75, 3.05) is 6.54 Å². The van der Waals surface area contributed by atoms with Crippen molar-refractivity contribution in [3.05, 3.63) is 47.1 Å². The third-order valence-corrected chi connectivity index (χ3v) is 4.54. The van der Waals surface area contributed by atoms with Crippen LogP contribution in [0.15, 0.2) is 28.8 Å². The van der Waals surface area contributed by atoms with Gasteiger partial charge in [0.2, 0.25) is 5.89 Å². The number of aromatic nitrogens is 2. The minimum Gasteiger partial charge on any atom is -0.448 e. The first-order valence-electron chi connectivity index (χ1n) is 8.03. The van der Waals surface area contributed by atoms with Crippen molar-refractivity contribution in [2.24, 2.45) is 0 Å². The number of carbonyl (C=O) groups excluding carboxylic acids is 2. The highest BCUT2D eigenvalue weighted by atomic mass is 16.5. The Labute approximate surface area is 138 Å². The molecule has 2 aliphatic rings. The molecule has 0 radical (unpaired) electrons. The lowest BCUT2D eigenvalue weighted by Crippen LogP contribution is -2.44. The summed E-state index contributed by atoms with van der Waals surface area (Å²) in [5.74, 6) is 0.354. The highest BCUT2D eigenvalue weighted by Gasteiger charge is 2.40. The van der Waals surface area contributed by atoms with E-state index in [-0.39, 0.29) is 11.9 Å². The Morgan fingerprint density at radius 3 is 2.96 bits per heavy atom. The molecule has 0 saturated carbocycles. The molecule has 0 spiro atoms. The van der Waals surface area contributed by atoms with Crippen LogP contribution in [0, 0.1) is 6.92 Å². The number of nitrogens with zero attached hydrogens (tertiary/aromatic N) is 3. The van der Waals surface area contributed by atoms with Crippen LogP contribution in [0.1, 0.15) is 46.5 Å². The molecule has 1 aromatic carbocycles. The second-order valence-electron chi connectivity index (χ2n) is 6.12. The minimum absolute atomic E-state index is 0.192. The van der Waals surface area contributed by atoms with Crippen LogP contribution < -0.4 is 0 Å². The van der Waals surface area contributed by atoms with Crippen molar-refractivity contribution in [2.45, 2.75) is 38.3 Å². The molecule has 2 aromatic rings. The number of amides is 1. The number of benzene rings is 1. The lowest BCUT2D eigenvalue weighted by Gasteiger charge is -2.29.